The lowest BCUT2D eigenvalue weighted by Gasteiger charge is -2.28. The predicted octanol–water partition coefficient (Wildman–Crippen LogP) is 7.00. The lowest BCUT2D eigenvalue weighted by molar-refractivity contribution is 0.249. The number of nitrogens with one attached hydrogen (secondary N) is 2. The average molecular weight is 479 g/mol. The van der Waals surface area contributed by atoms with Gasteiger partial charge in [0.1, 0.15) is 5.76 Å². The number of urea groups is 1. The average Bonchev–Trinajstić information content (AvgIpc) is 2.89. The summed E-state index contributed by atoms with van der Waals surface area (Å²) in [5.74, 6) is 0.490. The molecule has 35 heavy (non-hydrogen) atoms. The number of carbonyl (C=O) groups excluding carboxylic acids is 1. The fourth-order valence-electron chi connectivity index (χ4n) is 4.63. The van der Waals surface area contributed by atoms with Crippen LogP contribution in [0.1, 0.15) is 17.2 Å². The summed E-state index contributed by atoms with van der Waals surface area (Å²) in [5, 5.41) is 7.62. The van der Waals surface area contributed by atoms with Crippen molar-refractivity contribution in [1.29, 1.82) is 0 Å². The van der Waals surface area contributed by atoms with E-state index in [1.54, 1.807) is 12.1 Å². The van der Waals surface area contributed by atoms with E-state index in [9.17, 15) is 9.59 Å². The largest absolute Gasteiger partial charge is 0.422 e. The third-order valence-electron chi connectivity index (χ3n) is 6.24. The molecule has 0 aliphatic carbocycles. The van der Waals surface area contributed by atoms with Gasteiger partial charge in [0.2, 0.25) is 0 Å². The van der Waals surface area contributed by atoms with Crippen LogP contribution in [0.4, 0.5) is 10.5 Å². The van der Waals surface area contributed by atoms with Gasteiger partial charge in [-0.1, -0.05) is 84.4 Å². The fraction of sp³-hybridized carbons (Fsp3) is 0.0345. The highest BCUT2D eigenvalue weighted by molar-refractivity contribution is 6.30. The van der Waals surface area contributed by atoms with Gasteiger partial charge >= 0.3 is 11.7 Å². The van der Waals surface area contributed by atoms with E-state index in [-0.39, 0.29) is 6.03 Å². The Morgan fingerprint density at radius 2 is 1.40 bits per heavy atom. The number of halogens is 1. The van der Waals surface area contributed by atoms with Crippen LogP contribution in [0.15, 0.2) is 106 Å². The molecule has 5 aromatic rings. The van der Waals surface area contributed by atoms with Crippen LogP contribution in [0.25, 0.3) is 33.2 Å². The van der Waals surface area contributed by atoms with E-state index in [0.29, 0.717) is 27.2 Å². The third kappa shape index (κ3) is 3.76. The van der Waals surface area contributed by atoms with E-state index >= 15 is 0 Å². The van der Waals surface area contributed by atoms with Crippen LogP contribution >= 0.6 is 11.6 Å². The molecule has 2 N–H and O–H groups in total. The van der Waals surface area contributed by atoms with Crippen molar-refractivity contribution >= 4 is 34.1 Å². The van der Waals surface area contributed by atoms with Crippen LogP contribution in [0.2, 0.25) is 5.02 Å². The second-order valence-corrected chi connectivity index (χ2v) is 8.83. The van der Waals surface area contributed by atoms with E-state index in [2.05, 4.69) is 10.6 Å². The Kier molecular flexibility index (Phi) is 5.12. The summed E-state index contributed by atoms with van der Waals surface area (Å²) in [5.41, 5.74) is 4.35. The summed E-state index contributed by atoms with van der Waals surface area (Å²) >= 11 is 6.07. The van der Waals surface area contributed by atoms with E-state index in [1.165, 1.54) is 0 Å². The Labute approximate surface area is 206 Å². The van der Waals surface area contributed by atoms with Gasteiger partial charge in [-0.05, 0) is 35.4 Å². The molecule has 0 radical (unpaired) electrons. The van der Waals surface area contributed by atoms with Gasteiger partial charge in [0.25, 0.3) is 0 Å². The van der Waals surface area contributed by atoms with Gasteiger partial charge in [-0.15, -0.1) is 0 Å². The van der Waals surface area contributed by atoms with E-state index in [0.717, 1.165) is 27.8 Å². The third-order valence-corrected chi connectivity index (χ3v) is 6.49. The van der Waals surface area contributed by atoms with Crippen molar-refractivity contribution in [2.45, 2.75) is 6.04 Å². The topological polar surface area (TPSA) is 71.3 Å². The molecular weight excluding hydrogens is 460 g/mol. The Hall–Kier alpha value is -4.35. The SMILES string of the molecule is O=C1Nc2cc3c(-c4ccccc4)c(-c4ccccc4)oc(=O)c3cc2C(c2ccc(Cl)cc2)N1. The molecule has 6 rings (SSSR count). The Bertz CT molecular complexity index is 1630. The molecule has 5 nitrogen and oxygen atoms in total. The highest BCUT2D eigenvalue weighted by atomic mass is 35.5. The van der Waals surface area contributed by atoms with Crippen LogP contribution in [0, 0.1) is 0 Å². The van der Waals surface area contributed by atoms with Crippen molar-refractivity contribution in [1.82, 2.24) is 5.32 Å². The van der Waals surface area contributed by atoms with Crippen LogP contribution in [0.5, 0.6) is 0 Å². The molecule has 0 fully saturated rings. The van der Waals surface area contributed by atoms with Gasteiger partial charge in [0.05, 0.1) is 11.4 Å². The Morgan fingerprint density at radius 3 is 2.09 bits per heavy atom. The fourth-order valence-corrected chi connectivity index (χ4v) is 4.76. The number of benzene rings is 4. The number of hydrogen-bond acceptors (Lipinski definition) is 3. The zero-order valence-electron chi connectivity index (χ0n) is 18.4. The first-order chi connectivity index (χ1) is 17.1. The number of carbonyl (C=O) groups is 1. The first-order valence-corrected chi connectivity index (χ1v) is 11.5. The highest BCUT2D eigenvalue weighted by Gasteiger charge is 2.28. The van der Waals surface area contributed by atoms with Gasteiger partial charge in [-0.2, -0.15) is 0 Å². The Balaban J connectivity index is 1.65. The van der Waals surface area contributed by atoms with Gasteiger partial charge < -0.3 is 15.1 Å². The molecule has 1 aliphatic heterocycles. The zero-order chi connectivity index (χ0) is 23.9. The van der Waals surface area contributed by atoms with Crippen molar-refractivity contribution in [2.24, 2.45) is 0 Å². The molecule has 1 unspecified atom stereocenters. The second kappa shape index (κ2) is 8.46. The second-order valence-electron chi connectivity index (χ2n) is 8.39. The molecule has 1 aromatic heterocycles. The highest BCUT2D eigenvalue weighted by Crippen LogP contribution is 2.41. The molecule has 2 amide bonds. The quantitative estimate of drug-likeness (QED) is 0.293. The maximum atomic E-state index is 13.3. The van der Waals surface area contributed by atoms with Crippen molar-refractivity contribution in [3.8, 4) is 22.5 Å². The molecule has 1 aliphatic rings. The molecule has 6 heteroatoms. The van der Waals surface area contributed by atoms with Gasteiger partial charge in [0.15, 0.2) is 0 Å². The molecule has 0 spiro atoms. The summed E-state index contributed by atoms with van der Waals surface area (Å²) in [7, 11) is 0. The number of amides is 2. The molecule has 170 valence electrons. The molecule has 0 bridgehead atoms. The van der Waals surface area contributed by atoms with E-state index in [4.69, 9.17) is 16.0 Å². The molecular formula is C29H19ClN2O3. The zero-order valence-corrected chi connectivity index (χ0v) is 19.2. The standard InChI is InChI=1S/C29H19ClN2O3/c30-20-13-11-18(12-14-20)26-23-15-22-21(16-24(23)31-29(34)32-26)25(17-7-3-1-4-8-17)27(35-28(22)33)19-9-5-2-6-10-19/h1-16,26H,(H2,31,32,34). The molecule has 2 heterocycles. The summed E-state index contributed by atoms with van der Waals surface area (Å²) in [6.45, 7) is 0. The summed E-state index contributed by atoms with van der Waals surface area (Å²) in [4.78, 5) is 25.9. The van der Waals surface area contributed by atoms with Gasteiger partial charge in [-0.25, -0.2) is 9.59 Å². The van der Waals surface area contributed by atoms with Crippen molar-refractivity contribution in [3.63, 3.8) is 0 Å². The molecule has 1 atom stereocenters. The normalized spacial score (nSPS) is 14.8. The minimum atomic E-state index is -0.437. The predicted molar refractivity (Wildman–Crippen MR) is 139 cm³/mol. The number of anilines is 1. The van der Waals surface area contributed by atoms with Crippen molar-refractivity contribution < 1.29 is 9.21 Å². The van der Waals surface area contributed by atoms with Crippen molar-refractivity contribution in [3.05, 3.63) is 124 Å². The molecule has 0 saturated carbocycles. The van der Waals surface area contributed by atoms with Gasteiger partial charge in [0, 0.05) is 32.8 Å². The van der Waals surface area contributed by atoms with E-state index in [1.807, 2.05) is 84.9 Å². The summed E-state index contributed by atoms with van der Waals surface area (Å²) in [6, 6.07) is 29.6. The molecule has 4 aromatic carbocycles. The Morgan fingerprint density at radius 1 is 0.743 bits per heavy atom. The lowest BCUT2D eigenvalue weighted by atomic mass is 9.90. The maximum absolute atomic E-state index is 13.3. The first kappa shape index (κ1) is 21.2. The summed E-state index contributed by atoms with van der Waals surface area (Å²) in [6.07, 6.45) is 0. The van der Waals surface area contributed by atoms with Crippen molar-refractivity contribution in [2.75, 3.05) is 5.32 Å². The number of fused-ring (bicyclic) bond motifs is 2. The first-order valence-electron chi connectivity index (χ1n) is 11.2. The van der Waals surface area contributed by atoms with Gasteiger partial charge in [-0.3, -0.25) is 0 Å². The summed E-state index contributed by atoms with van der Waals surface area (Å²) < 4.78 is 5.95. The van der Waals surface area contributed by atoms with E-state index < -0.39 is 11.7 Å². The lowest BCUT2D eigenvalue weighted by Crippen LogP contribution is -2.38. The minimum Gasteiger partial charge on any atom is -0.422 e. The monoisotopic (exact) mass is 478 g/mol. The van der Waals surface area contributed by atoms with Crippen LogP contribution in [-0.2, 0) is 0 Å². The van der Waals surface area contributed by atoms with Crippen LogP contribution in [0.3, 0.4) is 0 Å². The number of hydrogen-bond donors (Lipinski definition) is 2. The number of rotatable bonds is 3. The maximum Gasteiger partial charge on any atom is 0.344 e. The molecule has 0 saturated heterocycles. The van der Waals surface area contributed by atoms with Crippen LogP contribution in [-0.4, -0.2) is 6.03 Å². The van der Waals surface area contributed by atoms with Crippen LogP contribution < -0.4 is 16.3 Å². The minimum absolute atomic E-state index is 0.315. The smallest absolute Gasteiger partial charge is 0.344 e.